The zero-order chi connectivity index (χ0) is 25.5. The molecule has 0 saturated heterocycles. The molecule has 2 aromatic carbocycles. The monoisotopic (exact) mass is 481 g/mol. The van der Waals surface area contributed by atoms with Crippen molar-refractivity contribution in [3.05, 3.63) is 59.3 Å². The Hall–Kier alpha value is -3.94. The molecular weight excluding hydrogens is 450 g/mol. The van der Waals surface area contributed by atoms with E-state index < -0.39 is 5.97 Å². The average Bonchev–Trinajstić information content (AvgIpc) is 2.85. The summed E-state index contributed by atoms with van der Waals surface area (Å²) in [7, 11) is 6.25. The molecule has 8 heteroatoms. The van der Waals surface area contributed by atoms with Crippen molar-refractivity contribution in [3.8, 4) is 40.0 Å². The molecule has 186 valence electrons. The number of ether oxygens (including phenoxy) is 5. The van der Waals surface area contributed by atoms with Gasteiger partial charge in [-0.1, -0.05) is 0 Å². The number of hydrogen-bond acceptors (Lipinski definition) is 7. The molecule has 0 aliphatic carbocycles. The number of carbonyl (C=O) groups is 1. The van der Waals surface area contributed by atoms with Gasteiger partial charge in [-0.3, -0.25) is 4.98 Å². The van der Waals surface area contributed by atoms with Crippen molar-refractivity contribution in [1.29, 1.82) is 0 Å². The summed E-state index contributed by atoms with van der Waals surface area (Å²) < 4.78 is 27.6. The number of pyridine rings is 1. The van der Waals surface area contributed by atoms with Gasteiger partial charge < -0.3 is 28.8 Å². The second kappa shape index (κ2) is 11.5. The number of rotatable bonds is 11. The maximum atomic E-state index is 11.9. The number of carboxylic acid groups (broad SMARTS) is 1. The molecule has 1 N–H and O–H groups in total. The molecule has 0 bridgehead atoms. The van der Waals surface area contributed by atoms with Crippen LogP contribution in [0.5, 0.6) is 28.7 Å². The highest BCUT2D eigenvalue weighted by molar-refractivity contribution is 5.89. The summed E-state index contributed by atoms with van der Waals surface area (Å²) in [6.07, 6.45) is 0.856. The molecule has 0 aliphatic heterocycles. The van der Waals surface area contributed by atoms with E-state index in [1.54, 1.807) is 46.6 Å². The Morgan fingerprint density at radius 2 is 1.54 bits per heavy atom. The first-order valence-corrected chi connectivity index (χ1v) is 11.2. The molecule has 0 amide bonds. The van der Waals surface area contributed by atoms with Crippen molar-refractivity contribution in [3.63, 3.8) is 0 Å². The third-order valence-electron chi connectivity index (χ3n) is 5.41. The van der Waals surface area contributed by atoms with E-state index in [2.05, 4.69) is 0 Å². The standard InChI is InChI=1S/C27H31NO7/c1-16(2)35-23-15-18(31-3)8-9-19(23)21-12-10-20(27(29)30)22(28-21)11-7-17-13-24(32-4)26(34-6)25(14-17)33-5/h8-10,12-16H,7,11H2,1-6H3,(H,29,30). The Morgan fingerprint density at radius 3 is 2.09 bits per heavy atom. The molecule has 0 fully saturated rings. The highest BCUT2D eigenvalue weighted by Crippen LogP contribution is 2.39. The van der Waals surface area contributed by atoms with Gasteiger partial charge >= 0.3 is 5.97 Å². The number of benzene rings is 2. The molecule has 35 heavy (non-hydrogen) atoms. The Balaban J connectivity index is 1.99. The molecule has 0 unspecified atom stereocenters. The summed E-state index contributed by atoms with van der Waals surface area (Å²) in [5, 5.41) is 9.76. The first kappa shape index (κ1) is 25.7. The lowest BCUT2D eigenvalue weighted by Crippen LogP contribution is -2.09. The number of aromatic carboxylic acids is 1. The number of aromatic nitrogens is 1. The lowest BCUT2D eigenvalue weighted by atomic mass is 10.0. The Morgan fingerprint density at radius 1 is 0.857 bits per heavy atom. The fourth-order valence-corrected chi connectivity index (χ4v) is 3.77. The van der Waals surface area contributed by atoms with Crippen molar-refractivity contribution in [2.45, 2.75) is 32.8 Å². The van der Waals surface area contributed by atoms with Crippen LogP contribution in [0.25, 0.3) is 11.3 Å². The molecule has 0 saturated carbocycles. The first-order valence-electron chi connectivity index (χ1n) is 11.2. The van der Waals surface area contributed by atoms with Crippen LogP contribution < -0.4 is 23.7 Å². The van der Waals surface area contributed by atoms with Crippen molar-refractivity contribution in [1.82, 2.24) is 4.98 Å². The van der Waals surface area contributed by atoms with E-state index >= 15 is 0 Å². The molecule has 3 rings (SSSR count). The molecule has 3 aromatic rings. The van der Waals surface area contributed by atoms with E-state index in [0.29, 0.717) is 53.0 Å². The van der Waals surface area contributed by atoms with Crippen LogP contribution in [0.15, 0.2) is 42.5 Å². The molecule has 0 atom stereocenters. The van der Waals surface area contributed by atoms with Crippen molar-refractivity contribution < 1.29 is 33.6 Å². The third kappa shape index (κ3) is 5.95. The van der Waals surface area contributed by atoms with E-state index in [-0.39, 0.29) is 11.7 Å². The van der Waals surface area contributed by atoms with E-state index in [4.69, 9.17) is 28.7 Å². The van der Waals surface area contributed by atoms with E-state index in [0.717, 1.165) is 11.1 Å². The van der Waals surface area contributed by atoms with Gasteiger partial charge in [-0.05, 0) is 68.7 Å². The third-order valence-corrected chi connectivity index (χ3v) is 5.41. The van der Waals surface area contributed by atoms with Crippen LogP contribution in [0.1, 0.15) is 35.5 Å². The molecule has 0 aliphatic rings. The number of methoxy groups -OCH3 is 4. The summed E-state index contributed by atoms with van der Waals surface area (Å²) in [6, 6.07) is 12.5. The van der Waals surface area contributed by atoms with E-state index in [1.807, 2.05) is 38.1 Å². The highest BCUT2D eigenvalue weighted by Gasteiger charge is 2.18. The van der Waals surface area contributed by atoms with Gasteiger partial charge in [0, 0.05) is 11.6 Å². The van der Waals surface area contributed by atoms with Crippen LogP contribution >= 0.6 is 0 Å². The highest BCUT2D eigenvalue weighted by atomic mass is 16.5. The van der Waals surface area contributed by atoms with E-state index in [1.165, 1.54) is 0 Å². The molecular formula is C27H31NO7. The topological polar surface area (TPSA) is 96.3 Å². The van der Waals surface area contributed by atoms with Gasteiger partial charge in [-0.15, -0.1) is 0 Å². The second-order valence-electron chi connectivity index (χ2n) is 8.06. The van der Waals surface area contributed by atoms with Crippen LogP contribution in [0.3, 0.4) is 0 Å². The van der Waals surface area contributed by atoms with Crippen molar-refractivity contribution in [2.24, 2.45) is 0 Å². The number of aryl methyl sites for hydroxylation is 2. The van der Waals surface area contributed by atoms with Gasteiger partial charge in [0.05, 0.1) is 51.5 Å². The van der Waals surface area contributed by atoms with Gasteiger partial charge in [0.15, 0.2) is 11.5 Å². The Kier molecular flexibility index (Phi) is 8.41. The van der Waals surface area contributed by atoms with Crippen LogP contribution in [0.4, 0.5) is 0 Å². The lowest BCUT2D eigenvalue weighted by Gasteiger charge is -2.16. The fraction of sp³-hybridized carbons (Fsp3) is 0.333. The number of hydrogen-bond donors (Lipinski definition) is 1. The van der Waals surface area contributed by atoms with Crippen LogP contribution in [-0.2, 0) is 12.8 Å². The van der Waals surface area contributed by atoms with Gasteiger partial charge in [0.2, 0.25) is 5.75 Å². The van der Waals surface area contributed by atoms with Crippen LogP contribution in [0, 0.1) is 0 Å². The maximum absolute atomic E-state index is 11.9. The lowest BCUT2D eigenvalue weighted by molar-refractivity contribution is 0.0695. The van der Waals surface area contributed by atoms with Gasteiger partial charge in [0.25, 0.3) is 0 Å². The van der Waals surface area contributed by atoms with Crippen LogP contribution in [0.2, 0.25) is 0 Å². The minimum atomic E-state index is -1.03. The molecule has 1 aromatic heterocycles. The molecule has 1 heterocycles. The van der Waals surface area contributed by atoms with Gasteiger partial charge in [-0.2, -0.15) is 0 Å². The number of nitrogens with zero attached hydrogens (tertiary/aromatic N) is 1. The average molecular weight is 482 g/mol. The number of carboxylic acids is 1. The zero-order valence-corrected chi connectivity index (χ0v) is 20.9. The Labute approximate surface area is 205 Å². The van der Waals surface area contributed by atoms with Gasteiger partial charge in [0.1, 0.15) is 11.5 Å². The summed E-state index contributed by atoms with van der Waals surface area (Å²) in [4.78, 5) is 16.7. The molecule has 8 nitrogen and oxygen atoms in total. The summed E-state index contributed by atoms with van der Waals surface area (Å²) in [5.41, 5.74) is 2.89. The van der Waals surface area contributed by atoms with Crippen molar-refractivity contribution in [2.75, 3.05) is 28.4 Å². The predicted octanol–water partition coefficient (Wildman–Crippen LogP) is 5.05. The fourth-order valence-electron chi connectivity index (χ4n) is 3.77. The molecule has 0 radical (unpaired) electrons. The largest absolute Gasteiger partial charge is 0.497 e. The second-order valence-corrected chi connectivity index (χ2v) is 8.06. The van der Waals surface area contributed by atoms with Crippen LogP contribution in [-0.4, -0.2) is 50.6 Å². The predicted molar refractivity (Wildman–Crippen MR) is 132 cm³/mol. The smallest absolute Gasteiger partial charge is 0.337 e. The van der Waals surface area contributed by atoms with E-state index in [9.17, 15) is 9.90 Å². The zero-order valence-electron chi connectivity index (χ0n) is 20.9. The maximum Gasteiger partial charge on any atom is 0.337 e. The minimum Gasteiger partial charge on any atom is -0.497 e. The molecule has 0 spiro atoms. The summed E-state index contributed by atoms with van der Waals surface area (Å²) >= 11 is 0. The SMILES string of the molecule is COc1ccc(-c2ccc(C(=O)O)c(CCc3cc(OC)c(OC)c(OC)c3)n2)c(OC(C)C)c1. The first-order chi connectivity index (χ1) is 16.8. The van der Waals surface area contributed by atoms with Crippen molar-refractivity contribution >= 4 is 5.97 Å². The Bertz CT molecular complexity index is 1170. The minimum absolute atomic E-state index is 0.0568. The summed E-state index contributed by atoms with van der Waals surface area (Å²) in [5.74, 6) is 1.82. The normalized spacial score (nSPS) is 10.7. The quantitative estimate of drug-likeness (QED) is 0.406. The summed E-state index contributed by atoms with van der Waals surface area (Å²) in [6.45, 7) is 3.88. The van der Waals surface area contributed by atoms with Gasteiger partial charge in [-0.25, -0.2) is 4.79 Å².